The molecule has 0 radical (unpaired) electrons. The molecule has 0 saturated carbocycles. The number of ether oxygens (including phenoxy) is 2. The summed E-state index contributed by atoms with van der Waals surface area (Å²) in [6, 6.07) is 8.27. The van der Waals surface area contributed by atoms with Crippen molar-refractivity contribution >= 4 is 10.9 Å². The normalized spacial score (nSPS) is 10.9. The molecule has 0 bridgehead atoms. The van der Waals surface area contributed by atoms with E-state index >= 15 is 0 Å². The van der Waals surface area contributed by atoms with Crippen molar-refractivity contribution in [3.05, 3.63) is 30.5 Å². The van der Waals surface area contributed by atoms with Gasteiger partial charge in [0.25, 0.3) is 0 Å². The van der Waals surface area contributed by atoms with Gasteiger partial charge in [-0.1, -0.05) is 0 Å². The first-order chi connectivity index (χ1) is 7.85. The Morgan fingerprint density at radius 2 is 2.06 bits per heavy atom. The van der Waals surface area contributed by atoms with E-state index in [0.29, 0.717) is 0 Å². The summed E-state index contributed by atoms with van der Waals surface area (Å²) in [5.74, 6) is 0.905. The number of fused-ring (bicyclic) bond motifs is 1. The van der Waals surface area contributed by atoms with E-state index in [0.717, 1.165) is 25.3 Å². The van der Waals surface area contributed by atoms with E-state index < -0.39 is 0 Å². The van der Waals surface area contributed by atoms with Crippen LogP contribution in [0.1, 0.15) is 6.42 Å². The third kappa shape index (κ3) is 2.19. The van der Waals surface area contributed by atoms with Crippen LogP contribution in [0.2, 0.25) is 0 Å². The Bertz CT molecular complexity index is 462. The SMILES string of the molecule is COCCCn1ccc2cc(OC)ccc21. The number of hydrogen-bond donors (Lipinski definition) is 0. The summed E-state index contributed by atoms with van der Waals surface area (Å²) in [4.78, 5) is 0. The van der Waals surface area contributed by atoms with Gasteiger partial charge in [0.05, 0.1) is 7.11 Å². The van der Waals surface area contributed by atoms with Crippen LogP contribution in [-0.2, 0) is 11.3 Å². The molecular formula is C13H17NO2. The number of aryl methyl sites for hydroxylation is 1. The Hall–Kier alpha value is -1.48. The molecule has 0 spiro atoms. The van der Waals surface area contributed by atoms with Crippen molar-refractivity contribution < 1.29 is 9.47 Å². The van der Waals surface area contributed by atoms with E-state index in [9.17, 15) is 0 Å². The van der Waals surface area contributed by atoms with Crippen molar-refractivity contribution in [3.63, 3.8) is 0 Å². The molecule has 0 unspecified atom stereocenters. The second-order valence-electron chi connectivity index (χ2n) is 3.78. The first-order valence-electron chi connectivity index (χ1n) is 5.47. The molecule has 0 atom stereocenters. The molecule has 2 aromatic rings. The maximum atomic E-state index is 5.20. The molecule has 3 nitrogen and oxygen atoms in total. The fraction of sp³-hybridized carbons (Fsp3) is 0.385. The summed E-state index contributed by atoms with van der Waals surface area (Å²) in [6.07, 6.45) is 3.14. The topological polar surface area (TPSA) is 23.4 Å². The maximum absolute atomic E-state index is 5.20. The van der Waals surface area contributed by atoms with E-state index in [2.05, 4.69) is 29.0 Å². The van der Waals surface area contributed by atoms with E-state index in [4.69, 9.17) is 9.47 Å². The molecular weight excluding hydrogens is 202 g/mol. The van der Waals surface area contributed by atoms with Crippen molar-refractivity contribution in [1.82, 2.24) is 4.57 Å². The van der Waals surface area contributed by atoms with Crippen LogP contribution >= 0.6 is 0 Å². The second-order valence-corrected chi connectivity index (χ2v) is 3.78. The molecule has 0 fully saturated rings. The van der Waals surface area contributed by atoms with Crippen LogP contribution in [0.4, 0.5) is 0 Å². The highest BCUT2D eigenvalue weighted by molar-refractivity contribution is 5.81. The van der Waals surface area contributed by atoms with Crippen molar-refractivity contribution in [3.8, 4) is 5.75 Å². The lowest BCUT2D eigenvalue weighted by Crippen LogP contribution is -1.99. The van der Waals surface area contributed by atoms with E-state index in [1.54, 1.807) is 14.2 Å². The van der Waals surface area contributed by atoms with Gasteiger partial charge < -0.3 is 14.0 Å². The van der Waals surface area contributed by atoms with Gasteiger partial charge in [0.2, 0.25) is 0 Å². The van der Waals surface area contributed by atoms with E-state index in [1.165, 1.54) is 10.9 Å². The number of aromatic nitrogens is 1. The zero-order chi connectivity index (χ0) is 11.4. The molecule has 86 valence electrons. The summed E-state index contributed by atoms with van der Waals surface area (Å²) in [6.45, 7) is 1.79. The highest BCUT2D eigenvalue weighted by Gasteiger charge is 2.01. The zero-order valence-corrected chi connectivity index (χ0v) is 9.77. The third-order valence-corrected chi connectivity index (χ3v) is 2.73. The van der Waals surface area contributed by atoms with Gasteiger partial charge in [0, 0.05) is 37.4 Å². The molecule has 0 saturated heterocycles. The summed E-state index contributed by atoms with van der Waals surface area (Å²) in [5, 5.41) is 1.22. The monoisotopic (exact) mass is 219 g/mol. The first-order valence-corrected chi connectivity index (χ1v) is 5.47. The fourth-order valence-corrected chi connectivity index (χ4v) is 1.88. The molecule has 1 aromatic heterocycles. The molecule has 2 rings (SSSR count). The number of benzene rings is 1. The van der Waals surface area contributed by atoms with Crippen LogP contribution in [0.3, 0.4) is 0 Å². The molecule has 0 N–H and O–H groups in total. The highest BCUT2D eigenvalue weighted by Crippen LogP contribution is 2.21. The van der Waals surface area contributed by atoms with Gasteiger partial charge in [-0.05, 0) is 30.7 Å². The molecule has 1 aromatic carbocycles. The predicted octanol–water partition coefficient (Wildman–Crippen LogP) is 2.69. The van der Waals surface area contributed by atoms with Gasteiger partial charge in [-0.15, -0.1) is 0 Å². The summed E-state index contributed by atoms with van der Waals surface area (Å²) in [5.41, 5.74) is 1.25. The van der Waals surface area contributed by atoms with Crippen molar-refractivity contribution in [1.29, 1.82) is 0 Å². The van der Waals surface area contributed by atoms with Crippen molar-refractivity contribution in [2.75, 3.05) is 20.8 Å². The Balaban J connectivity index is 2.20. The average molecular weight is 219 g/mol. The van der Waals surface area contributed by atoms with Crippen LogP contribution < -0.4 is 4.74 Å². The van der Waals surface area contributed by atoms with Crippen molar-refractivity contribution in [2.45, 2.75) is 13.0 Å². The Morgan fingerprint density at radius 1 is 1.19 bits per heavy atom. The lowest BCUT2D eigenvalue weighted by molar-refractivity contribution is 0.190. The molecule has 3 heteroatoms. The minimum atomic E-state index is 0.801. The second kappa shape index (κ2) is 5.03. The standard InChI is InChI=1S/C13H17NO2/c1-15-9-3-7-14-8-6-11-10-12(16-2)4-5-13(11)14/h4-6,8,10H,3,7,9H2,1-2H3. The van der Waals surface area contributed by atoms with Gasteiger partial charge in [-0.3, -0.25) is 0 Å². The Kier molecular flexibility index (Phi) is 3.47. The Morgan fingerprint density at radius 3 is 2.81 bits per heavy atom. The zero-order valence-electron chi connectivity index (χ0n) is 9.77. The average Bonchev–Trinajstić information content (AvgIpc) is 2.72. The molecule has 0 aliphatic heterocycles. The number of nitrogens with zero attached hydrogens (tertiary/aromatic N) is 1. The van der Waals surface area contributed by atoms with Gasteiger partial charge in [-0.2, -0.15) is 0 Å². The lowest BCUT2D eigenvalue weighted by Gasteiger charge is -2.05. The van der Waals surface area contributed by atoms with Crippen LogP contribution in [0.15, 0.2) is 30.5 Å². The van der Waals surface area contributed by atoms with Gasteiger partial charge in [-0.25, -0.2) is 0 Å². The fourth-order valence-electron chi connectivity index (χ4n) is 1.88. The quantitative estimate of drug-likeness (QED) is 0.722. The summed E-state index contributed by atoms with van der Waals surface area (Å²) < 4.78 is 12.5. The van der Waals surface area contributed by atoms with Gasteiger partial charge >= 0.3 is 0 Å². The smallest absolute Gasteiger partial charge is 0.119 e. The lowest BCUT2D eigenvalue weighted by atomic mass is 10.2. The largest absolute Gasteiger partial charge is 0.497 e. The summed E-state index contributed by atoms with van der Waals surface area (Å²) in [7, 11) is 3.43. The molecule has 0 aliphatic rings. The van der Waals surface area contributed by atoms with Crippen LogP contribution in [0.25, 0.3) is 10.9 Å². The summed E-state index contributed by atoms with van der Waals surface area (Å²) >= 11 is 0. The molecule has 16 heavy (non-hydrogen) atoms. The van der Waals surface area contributed by atoms with Crippen molar-refractivity contribution in [2.24, 2.45) is 0 Å². The Labute approximate surface area is 95.6 Å². The minimum absolute atomic E-state index is 0.801. The van der Waals surface area contributed by atoms with E-state index in [1.807, 2.05) is 6.07 Å². The number of rotatable bonds is 5. The number of methoxy groups -OCH3 is 2. The highest BCUT2D eigenvalue weighted by atomic mass is 16.5. The van der Waals surface area contributed by atoms with Gasteiger partial charge in [0.1, 0.15) is 5.75 Å². The molecule has 0 aliphatic carbocycles. The van der Waals surface area contributed by atoms with Gasteiger partial charge in [0.15, 0.2) is 0 Å². The molecule has 1 heterocycles. The maximum Gasteiger partial charge on any atom is 0.119 e. The predicted molar refractivity (Wildman–Crippen MR) is 65.0 cm³/mol. The van der Waals surface area contributed by atoms with Crippen LogP contribution in [-0.4, -0.2) is 25.4 Å². The van der Waals surface area contributed by atoms with E-state index in [-0.39, 0.29) is 0 Å². The first kappa shape index (κ1) is 11.0. The number of hydrogen-bond acceptors (Lipinski definition) is 2. The van der Waals surface area contributed by atoms with Crippen LogP contribution in [0, 0.1) is 0 Å². The molecule has 0 amide bonds. The third-order valence-electron chi connectivity index (χ3n) is 2.73. The van der Waals surface area contributed by atoms with Crippen LogP contribution in [0.5, 0.6) is 5.75 Å². The minimum Gasteiger partial charge on any atom is -0.497 e.